The van der Waals surface area contributed by atoms with Gasteiger partial charge in [0.25, 0.3) is 0 Å². The first-order chi connectivity index (χ1) is 8.29. The van der Waals surface area contributed by atoms with Crippen molar-refractivity contribution in [3.8, 4) is 5.88 Å². The van der Waals surface area contributed by atoms with E-state index in [1.807, 2.05) is 35.8 Å². The van der Waals surface area contributed by atoms with Gasteiger partial charge in [-0.25, -0.2) is 14.5 Å². The van der Waals surface area contributed by atoms with Gasteiger partial charge in [-0.05, 0) is 25.1 Å². The Morgan fingerprint density at radius 2 is 2.18 bits per heavy atom. The van der Waals surface area contributed by atoms with Crippen molar-refractivity contribution in [3.63, 3.8) is 0 Å². The zero-order chi connectivity index (χ0) is 11.8. The second kappa shape index (κ2) is 3.73. The molecule has 0 N–H and O–H groups in total. The highest BCUT2D eigenvalue weighted by atomic mass is 16.4. The summed E-state index contributed by atoms with van der Waals surface area (Å²) in [6, 6.07) is 7.76. The summed E-state index contributed by atoms with van der Waals surface area (Å²) >= 11 is 0. The van der Waals surface area contributed by atoms with Gasteiger partial charge in [-0.15, -0.1) is 0 Å². The van der Waals surface area contributed by atoms with E-state index >= 15 is 0 Å². The number of fused-ring (bicyclic) bond motifs is 1. The van der Waals surface area contributed by atoms with Crippen LogP contribution in [0.15, 0.2) is 34.9 Å². The largest absolute Gasteiger partial charge is 0.445 e. The van der Waals surface area contributed by atoms with Crippen LogP contribution >= 0.6 is 0 Å². The Hall–Kier alpha value is -2.10. The van der Waals surface area contributed by atoms with Crippen LogP contribution in [0.5, 0.6) is 0 Å². The molecule has 0 bridgehead atoms. The molecule has 3 heterocycles. The highest BCUT2D eigenvalue weighted by Gasteiger charge is 2.13. The van der Waals surface area contributed by atoms with Crippen molar-refractivity contribution in [1.82, 2.24) is 14.5 Å². The van der Waals surface area contributed by atoms with Gasteiger partial charge >= 0.3 is 0 Å². The zero-order valence-electron chi connectivity index (χ0n) is 9.84. The van der Waals surface area contributed by atoms with Crippen LogP contribution in [0.25, 0.3) is 17.0 Å². The van der Waals surface area contributed by atoms with Gasteiger partial charge in [0.15, 0.2) is 5.65 Å². The van der Waals surface area contributed by atoms with Crippen molar-refractivity contribution in [2.75, 3.05) is 0 Å². The second-order valence-corrected chi connectivity index (χ2v) is 3.95. The number of aryl methyl sites for hydroxylation is 2. The normalized spacial score (nSPS) is 11.2. The maximum Gasteiger partial charge on any atom is 0.206 e. The lowest BCUT2D eigenvalue weighted by molar-refractivity contribution is 0.508. The number of aromatic nitrogens is 3. The molecule has 3 aromatic rings. The van der Waals surface area contributed by atoms with Crippen LogP contribution in [0.1, 0.15) is 18.5 Å². The van der Waals surface area contributed by atoms with E-state index in [9.17, 15) is 0 Å². The summed E-state index contributed by atoms with van der Waals surface area (Å²) in [5.41, 5.74) is 1.75. The van der Waals surface area contributed by atoms with E-state index in [4.69, 9.17) is 4.42 Å². The molecule has 0 unspecified atom stereocenters. The first-order valence-corrected chi connectivity index (χ1v) is 5.68. The Balaban J connectivity index is 2.33. The Morgan fingerprint density at radius 1 is 1.29 bits per heavy atom. The molecule has 0 spiro atoms. The molecule has 4 nitrogen and oxygen atoms in total. The van der Waals surface area contributed by atoms with Crippen LogP contribution < -0.4 is 0 Å². The number of nitrogens with zero attached hydrogens (tertiary/aromatic N) is 3. The van der Waals surface area contributed by atoms with Crippen LogP contribution in [0.3, 0.4) is 0 Å². The molecule has 0 aromatic carbocycles. The fourth-order valence-electron chi connectivity index (χ4n) is 1.97. The van der Waals surface area contributed by atoms with Gasteiger partial charge in [-0.2, -0.15) is 0 Å². The molecule has 4 heteroatoms. The summed E-state index contributed by atoms with van der Waals surface area (Å²) in [4.78, 5) is 8.93. The number of pyridine rings is 1. The van der Waals surface area contributed by atoms with Gasteiger partial charge in [-0.3, -0.25) is 0 Å². The van der Waals surface area contributed by atoms with E-state index in [1.165, 1.54) is 0 Å². The van der Waals surface area contributed by atoms with Gasteiger partial charge in [0.1, 0.15) is 17.1 Å². The van der Waals surface area contributed by atoms with Crippen LogP contribution in [0.4, 0.5) is 0 Å². The standard InChI is InChI=1S/C13H13N3O/c1-3-11-15-10-5-4-8-14-13(10)16(11)12-7-6-9(2)17-12/h4-8H,3H2,1-2H3. The summed E-state index contributed by atoms with van der Waals surface area (Å²) in [6.07, 6.45) is 2.62. The molecule has 0 amide bonds. The molecule has 0 saturated carbocycles. The van der Waals surface area contributed by atoms with Crippen molar-refractivity contribution in [2.24, 2.45) is 0 Å². The van der Waals surface area contributed by atoms with Gasteiger partial charge in [0.05, 0.1) is 0 Å². The van der Waals surface area contributed by atoms with Crippen LogP contribution in [-0.2, 0) is 6.42 Å². The molecule has 0 aliphatic heterocycles. The summed E-state index contributed by atoms with van der Waals surface area (Å²) < 4.78 is 7.64. The number of imidazole rings is 1. The Morgan fingerprint density at radius 3 is 2.88 bits per heavy atom. The Bertz CT molecular complexity index is 666. The van der Waals surface area contributed by atoms with E-state index in [2.05, 4.69) is 16.9 Å². The molecule has 0 radical (unpaired) electrons. The van der Waals surface area contributed by atoms with E-state index in [-0.39, 0.29) is 0 Å². The molecule has 86 valence electrons. The molecule has 0 aliphatic rings. The lowest BCUT2D eigenvalue weighted by atomic mass is 10.4. The Kier molecular flexibility index (Phi) is 2.21. The van der Waals surface area contributed by atoms with Gasteiger partial charge < -0.3 is 4.42 Å². The molecule has 0 aliphatic carbocycles. The maximum atomic E-state index is 5.66. The van der Waals surface area contributed by atoms with Gasteiger partial charge in [0.2, 0.25) is 5.88 Å². The Labute approximate surface area is 98.9 Å². The second-order valence-electron chi connectivity index (χ2n) is 3.95. The zero-order valence-corrected chi connectivity index (χ0v) is 9.84. The number of furan rings is 1. The van der Waals surface area contributed by atoms with Crippen molar-refractivity contribution < 1.29 is 4.42 Å². The minimum absolute atomic E-state index is 0.778. The highest BCUT2D eigenvalue weighted by Crippen LogP contribution is 2.21. The highest BCUT2D eigenvalue weighted by molar-refractivity contribution is 5.73. The average molecular weight is 227 g/mol. The molecular formula is C13H13N3O. The monoisotopic (exact) mass is 227 g/mol. The molecule has 0 saturated heterocycles. The van der Waals surface area contributed by atoms with E-state index in [0.29, 0.717) is 0 Å². The quantitative estimate of drug-likeness (QED) is 0.676. The third kappa shape index (κ3) is 1.53. The van der Waals surface area contributed by atoms with Crippen LogP contribution in [0.2, 0.25) is 0 Å². The molecular weight excluding hydrogens is 214 g/mol. The third-order valence-corrected chi connectivity index (χ3v) is 2.75. The lowest BCUT2D eigenvalue weighted by Gasteiger charge is -2.02. The first kappa shape index (κ1) is 10.1. The van der Waals surface area contributed by atoms with E-state index in [0.717, 1.165) is 35.1 Å². The molecule has 0 fully saturated rings. The molecule has 3 rings (SSSR count). The molecule has 17 heavy (non-hydrogen) atoms. The lowest BCUT2D eigenvalue weighted by Crippen LogP contribution is -1.99. The van der Waals surface area contributed by atoms with Crippen molar-refractivity contribution in [3.05, 3.63) is 42.0 Å². The summed E-state index contributed by atoms with van der Waals surface area (Å²) in [7, 11) is 0. The minimum Gasteiger partial charge on any atom is -0.445 e. The predicted molar refractivity (Wildman–Crippen MR) is 65.2 cm³/mol. The van der Waals surface area contributed by atoms with Crippen LogP contribution in [-0.4, -0.2) is 14.5 Å². The SMILES string of the molecule is CCc1nc2cccnc2n1-c1ccc(C)o1. The van der Waals surface area contributed by atoms with Crippen molar-refractivity contribution >= 4 is 11.2 Å². The summed E-state index contributed by atoms with van der Waals surface area (Å²) in [5, 5.41) is 0. The topological polar surface area (TPSA) is 43.9 Å². The molecule has 3 aromatic heterocycles. The predicted octanol–water partition coefficient (Wildman–Crippen LogP) is 2.88. The van der Waals surface area contributed by atoms with Crippen molar-refractivity contribution in [2.45, 2.75) is 20.3 Å². The number of rotatable bonds is 2. The first-order valence-electron chi connectivity index (χ1n) is 5.68. The summed E-state index contributed by atoms with van der Waals surface area (Å²) in [6.45, 7) is 4.01. The van der Waals surface area contributed by atoms with Gasteiger partial charge in [-0.1, -0.05) is 6.92 Å². The number of hydrogen-bond acceptors (Lipinski definition) is 3. The van der Waals surface area contributed by atoms with E-state index < -0.39 is 0 Å². The van der Waals surface area contributed by atoms with Crippen LogP contribution in [0, 0.1) is 6.92 Å². The maximum absolute atomic E-state index is 5.66. The van der Waals surface area contributed by atoms with Crippen molar-refractivity contribution in [1.29, 1.82) is 0 Å². The smallest absolute Gasteiger partial charge is 0.206 e. The third-order valence-electron chi connectivity index (χ3n) is 2.75. The fraction of sp³-hybridized carbons (Fsp3) is 0.231. The van der Waals surface area contributed by atoms with Gasteiger partial charge in [0, 0.05) is 18.7 Å². The minimum atomic E-state index is 0.778. The number of hydrogen-bond donors (Lipinski definition) is 0. The fourth-order valence-corrected chi connectivity index (χ4v) is 1.97. The summed E-state index contributed by atoms with van der Waals surface area (Å²) in [5.74, 6) is 2.63. The van der Waals surface area contributed by atoms with E-state index in [1.54, 1.807) is 6.20 Å². The average Bonchev–Trinajstić information content (AvgIpc) is 2.91. The molecule has 0 atom stereocenters.